The number of piperazine rings is 1. The van der Waals surface area contributed by atoms with Gasteiger partial charge in [-0.05, 0) is 55.6 Å². The lowest BCUT2D eigenvalue weighted by Crippen LogP contribution is -2.55. The van der Waals surface area contributed by atoms with E-state index in [9.17, 15) is 0 Å². The summed E-state index contributed by atoms with van der Waals surface area (Å²) in [7, 11) is 0. The Morgan fingerprint density at radius 3 is 2.48 bits per heavy atom. The molecule has 1 atom stereocenters. The molecule has 31 heavy (non-hydrogen) atoms. The zero-order chi connectivity index (χ0) is 21.5. The van der Waals surface area contributed by atoms with Gasteiger partial charge in [-0.25, -0.2) is 0 Å². The number of hydrogen-bond donors (Lipinski definition) is 1. The third-order valence-electron chi connectivity index (χ3n) is 6.60. The molecular weight excluding hydrogens is 382 g/mol. The molecule has 0 aromatic heterocycles. The Morgan fingerprint density at radius 2 is 1.74 bits per heavy atom. The molecule has 2 heterocycles. The summed E-state index contributed by atoms with van der Waals surface area (Å²) in [4.78, 5) is 7.90. The van der Waals surface area contributed by atoms with Crippen LogP contribution in [0.15, 0.2) is 48.5 Å². The minimum Gasteiger partial charge on any atom is -0.395 e. The molecule has 0 saturated carbocycles. The summed E-state index contributed by atoms with van der Waals surface area (Å²) in [5.74, 6) is 6.10. The Kier molecular flexibility index (Phi) is 7.64. The first-order valence-electron chi connectivity index (χ1n) is 11.7. The van der Waals surface area contributed by atoms with E-state index in [2.05, 4.69) is 82.0 Å². The van der Waals surface area contributed by atoms with Gasteiger partial charge in [-0.1, -0.05) is 42.2 Å². The van der Waals surface area contributed by atoms with Gasteiger partial charge in [0.1, 0.15) is 0 Å². The second-order valence-electron chi connectivity index (χ2n) is 8.81. The molecule has 2 aromatic rings. The smallest absolute Gasteiger partial charge is 0.0540 e. The molecule has 0 spiro atoms. The minimum absolute atomic E-state index is 0.127. The molecule has 4 nitrogen and oxygen atoms in total. The third-order valence-corrected chi connectivity index (χ3v) is 6.60. The van der Waals surface area contributed by atoms with E-state index in [0.717, 1.165) is 38.3 Å². The Labute approximate surface area is 187 Å². The molecule has 4 heteroatoms. The van der Waals surface area contributed by atoms with Crippen molar-refractivity contribution >= 4 is 5.69 Å². The number of aliphatic hydroxyl groups is 1. The van der Waals surface area contributed by atoms with E-state index in [1.807, 2.05) is 0 Å². The van der Waals surface area contributed by atoms with Crippen LogP contribution in [0.3, 0.4) is 0 Å². The van der Waals surface area contributed by atoms with Gasteiger partial charge in [0.2, 0.25) is 0 Å². The van der Waals surface area contributed by atoms with Crippen molar-refractivity contribution in [1.29, 1.82) is 0 Å². The van der Waals surface area contributed by atoms with Crippen LogP contribution in [0.4, 0.5) is 5.69 Å². The predicted molar refractivity (Wildman–Crippen MR) is 128 cm³/mol. The second kappa shape index (κ2) is 10.8. The van der Waals surface area contributed by atoms with Crippen molar-refractivity contribution in [2.75, 3.05) is 50.8 Å². The van der Waals surface area contributed by atoms with E-state index in [0.29, 0.717) is 12.5 Å². The van der Waals surface area contributed by atoms with Crippen molar-refractivity contribution in [3.63, 3.8) is 0 Å². The Morgan fingerprint density at radius 1 is 0.968 bits per heavy atom. The van der Waals surface area contributed by atoms with Crippen LogP contribution in [0.2, 0.25) is 0 Å². The number of likely N-dealkylation sites (tertiary alicyclic amines) is 1. The van der Waals surface area contributed by atoms with Gasteiger partial charge in [-0.3, -0.25) is 9.80 Å². The van der Waals surface area contributed by atoms with Crippen molar-refractivity contribution in [3.8, 4) is 11.8 Å². The predicted octanol–water partition coefficient (Wildman–Crippen LogP) is 3.52. The summed E-state index contributed by atoms with van der Waals surface area (Å²) in [6.45, 7) is 10.3. The maximum atomic E-state index is 8.85. The van der Waals surface area contributed by atoms with Gasteiger partial charge in [0.25, 0.3) is 0 Å². The SMILES string of the molecule is Cc1ccccc1N1CCN(C2CCCN(Cc3ccc(C#CCCO)cc3)C2)CC1. The molecule has 2 saturated heterocycles. The van der Waals surface area contributed by atoms with E-state index in [-0.39, 0.29) is 6.61 Å². The van der Waals surface area contributed by atoms with Crippen molar-refractivity contribution < 1.29 is 5.11 Å². The van der Waals surface area contributed by atoms with Gasteiger partial charge in [0.05, 0.1) is 6.61 Å². The number of aliphatic hydroxyl groups excluding tert-OH is 1. The number of aryl methyl sites for hydroxylation is 1. The standard InChI is InChI=1S/C27H35N3O/c1-23-7-2-3-10-27(23)30-18-16-29(17-19-30)26-9-6-15-28(22-26)21-25-13-11-24(12-14-25)8-4-5-20-31/h2-3,7,10-14,26,31H,5-6,9,15-22H2,1H3. The molecule has 2 aliphatic heterocycles. The maximum Gasteiger partial charge on any atom is 0.0540 e. The highest BCUT2D eigenvalue weighted by Gasteiger charge is 2.28. The van der Waals surface area contributed by atoms with Crippen LogP contribution in [0.5, 0.6) is 0 Å². The van der Waals surface area contributed by atoms with Crippen LogP contribution >= 0.6 is 0 Å². The van der Waals surface area contributed by atoms with Gasteiger partial charge >= 0.3 is 0 Å². The lowest BCUT2D eigenvalue weighted by atomic mass is 10.0. The second-order valence-corrected chi connectivity index (χ2v) is 8.81. The van der Waals surface area contributed by atoms with Crippen molar-refractivity contribution in [2.24, 2.45) is 0 Å². The summed E-state index contributed by atoms with van der Waals surface area (Å²) in [6, 6.07) is 18.0. The number of hydrogen-bond acceptors (Lipinski definition) is 4. The van der Waals surface area contributed by atoms with Crippen molar-refractivity contribution in [1.82, 2.24) is 9.80 Å². The Balaban J connectivity index is 1.28. The van der Waals surface area contributed by atoms with Crippen LogP contribution in [0.25, 0.3) is 0 Å². The number of rotatable bonds is 5. The Hall–Kier alpha value is -2.32. The highest BCUT2D eigenvalue weighted by atomic mass is 16.2. The normalized spacial score (nSPS) is 20.3. The number of piperidine rings is 1. The molecule has 2 aliphatic rings. The van der Waals surface area contributed by atoms with Gasteiger partial charge in [-0.15, -0.1) is 0 Å². The van der Waals surface area contributed by atoms with Crippen LogP contribution in [-0.4, -0.2) is 66.8 Å². The van der Waals surface area contributed by atoms with Gasteiger partial charge < -0.3 is 10.0 Å². The van der Waals surface area contributed by atoms with Crippen LogP contribution in [-0.2, 0) is 6.54 Å². The maximum absolute atomic E-state index is 8.85. The van der Waals surface area contributed by atoms with E-state index < -0.39 is 0 Å². The number of nitrogens with zero attached hydrogens (tertiary/aromatic N) is 3. The third kappa shape index (κ3) is 5.89. The molecule has 164 valence electrons. The summed E-state index contributed by atoms with van der Waals surface area (Å²) in [5.41, 5.74) is 5.17. The molecule has 0 aliphatic carbocycles. The molecule has 1 N–H and O–H groups in total. The highest BCUT2D eigenvalue weighted by Crippen LogP contribution is 2.24. The molecule has 4 rings (SSSR count). The van der Waals surface area contributed by atoms with Crippen molar-refractivity contribution in [2.45, 2.75) is 38.8 Å². The molecular formula is C27H35N3O. The molecule has 2 aromatic carbocycles. The number of para-hydroxylation sites is 1. The van der Waals surface area contributed by atoms with E-state index in [1.165, 1.54) is 42.7 Å². The highest BCUT2D eigenvalue weighted by molar-refractivity contribution is 5.53. The lowest BCUT2D eigenvalue weighted by molar-refractivity contribution is 0.0887. The summed E-state index contributed by atoms with van der Waals surface area (Å²) in [6.07, 6.45) is 3.14. The first kappa shape index (κ1) is 21.9. The zero-order valence-electron chi connectivity index (χ0n) is 18.8. The molecule has 1 unspecified atom stereocenters. The first-order valence-corrected chi connectivity index (χ1v) is 11.7. The summed E-state index contributed by atoms with van der Waals surface area (Å²) < 4.78 is 0. The topological polar surface area (TPSA) is 30.0 Å². The van der Waals surface area contributed by atoms with Crippen LogP contribution < -0.4 is 4.90 Å². The fraction of sp³-hybridized carbons (Fsp3) is 0.481. The van der Waals surface area contributed by atoms with E-state index in [4.69, 9.17) is 5.11 Å². The number of anilines is 1. The monoisotopic (exact) mass is 417 g/mol. The molecule has 2 fully saturated rings. The molecule has 0 amide bonds. The fourth-order valence-electron chi connectivity index (χ4n) is 4.89. The van der Waals surface area contributed by atoms with Crippen LogP contribution in [0, 0.1) is 18.8 Å². The lowest BCUT2D eigenvalue weighted by Gasteiger charge is -2.44. The molecule has 0 bridgehead atoms. The average Bonchev–Trinajstić information content (AvgIpc) is 2.81. The Bertz CT molecular complexity index is 891. The fourth-order valence-corrected chi connectivity index (χ4v) is 4.89. The van der Waals surface area contributed by atoms with Gasteiger partial charge in [0.15, 0.2) is 0 Å². The quantitative estimate of drug-likeness (QED) is 0.754. The summed E-state index contributed by atoms with van der Waals surface area (Å²) >= 11 is 0. The zero-order valence-corrected chi connectivity index (χ0v) is 18.8. The first-order chi connectivity index (χ1) is 15.2. The number of benzene rings is 2. The van der Waals surface area contributed by atoms with Gasteiger partial charge in [-0.2, -0.15) is 0 Å². The van der Waals surface area contributed by atoms with Crippen LogP contribution in [0.1, 0.15) is 36.0 Å². The van der Waals surface area contributed by atoms with Gasteiger partial charge in [0, 0.05) is 63.0 Å². The van der Waals surface area contributed by atoms with E-state index >= 15 is 0 Å². The largest absolute Gasteiger partial charge is 0.395 e. The minimum atomic E-state index is 0.127. The van der Waals surface area contributed by atoms with Crippen molar-refractivity contribution in [3.05, 3.63) is 65.2 Å². The average molecular weight is 418 g/mol. The summed E-state index contributed by atoms with van der Waals surface area (Å²) in [5, 5.41) is 8.85. The van der Waals surface area contributed by atoms with E-state index in [1.54, 1.807) is 0 Å². The molecule has 0 radical (unpaired) electrons.